The number of carbonyl (C=O) groups excluding carboxylic acids is 1. The molecule has 1 saturated heterocycles. The Bertz CT molecular complexity index is 1280. The Hall–Kier alpha value is -2.73. The summed E-state index contributed by atoms with van der Waals surface area (Å²) in [7, 11) is -3.63. The van der Waals surface area contributed by atoms with E-state index in [2.05, 4.69) is 10.6 Å². The van der Waals surface area contributed by atoms with Crippen molar-refractivity contribution in [2.24, 2.45) is 5.92 Å². The number of thiophene rings is 1. The highest BCUT2D eigenvalue weighted by Crippen LogP contribution is 2.30. The van der Waals surface area contributed by atoms with Crippen molar-refractivity contribution in [3.63, 3.8) is 0 Å². The zero-order valence-corrected chi connectivity index (χ0v) is 20.9. The number of halogens is 3. The van der Waals surface area contributed by atoms with E-state index in [1.807, 2.05) is 6.07 Å². The van der Waals surface area contributed by atoms with E-state index in [9.17, 15) is 26.4 Å². The van der Waals surface area contributed by atoms with E-state index in [-0.39, 0.29) is 22.6 Å². The van der Waals surface area contributed by atoms with Crippen LogP contribution in [0.15, 0.2) is 70.9 Å². The van der Waals surface area contributed by atoms with Crippen LogP contribution in [0.3, 0.4) is 0 Å². The number of nitrogens with one attached hydrogen (secondary N) is 2. The van der Waals surface area contributed by atoms with Crippen LogP contribution in [0.25, 0.3) is 0 Å². The predicted molar refractivity (Wildman–Crippen MR) is 132 cm³/mol. The summed E-state index contributed by atoms with van der Waals surface area (Å²) < 4.78 is 66.0. The minimum Gasteiger partial charge on any atom is -0.347 e. The minimum atomic E-state index is -4.36. The van der Waals surface area contributed by atoms with Crippen LogP contribution in [0, 0.1) is 5.92 Å². The van der Waals surface area contributed by atoms with Crippen molar-refractivity contribution >= 4 is 27.3 Å². The van der Waals surface area contributed by atoms with Gasteiger partial charge in [-0.3, -0.25) is 4.79 Å². The summed E-state index contributed by atoms with van der Waals surface area (Å²) >= 11 is 1.14. The van der Waals surface area contributed by atoms with Gasteiger partial charge in [0.1, 0.15) is 4.21 Å². The Labute approximate surface area is 212 Å². The van der Waals surface area contributed by atoms with E-state index in [0.29, 0.717) is 38.2 Å². The topological polar surface area (TPSA) is 78.5 Å². The molecule has 6 nitrogen and oxygen atoms in total. The number of rotatable bonds is 9. The van der Waals surface area contributed by atoms with Gasteiger partial charge in [-0.15, -0.1) is 11.3 Å². The van der Waals surface area contributed by atoms with E-state index in [1.54, 1.807) is 36.4 Å². The number of nitrogens with zero attached hydrogens (tertiary/aromatic N) is 1. The molecular formula is C25H26F3N3O3S2. The first-order valence-electron chi connectivity index (χ1n) is 11.4. The van der Waals surface area contributed by atoms with Crippen molar-refractivity contribution in [2.45, 2.75) is 29.9 Å². The molecule has 0 radical (unpaired) electrons. The molecule has 3 aromatic rings. The number of hydrogen-bond acceptors (Lipinski definition) is 5. The normalized spacial score (nSPS) is 16.8. The maximum atomic E-state index is 13.1. The molecule has 192 valence electrons. The third-order valence-electron chi connectivity index (χ3n) is 5.98. The zero-order valence-electron chi connectivity index (χ0n) is 19.3. The molecule has 0 bridgehead atoms. The Balaban J connectivity index is 1.25. The van der Waals surface area contributed by atoms with Gasteiger partial charge in [-0.1, -0.05) is 30.3 Å². The average Bonchev–Trinajstić information content (AvgIpc) is 3.54. The highest BCUT2D eigenvalue weighted by Gasteiger charge is 2.33. The van der Waals surface area contributed by atoms with E-state index >= 15 is 0 Å². The molecule has 11 heteroatoms. The van der Waals surface area contributed by atoms with Crippen LogP contribution >= 0.6 is 11.3 Å². The Morgan fingerprint density at radius 2 is 1.72 bits per heavy atom. The first-order chi connectivity index (χ1) is 17.1. The van der Waals surface area contributed by atoms with Gasteiger partial charge >= 0.3 is 6.18 Å². The largest absolute Gasteiger partial charge is 0.416 e. The summed E-state index contributed by atoms with van der Waals surface area (Å²) in [5.74, 6) is -0.113. The third kappa shape index (κ3) is 6.52. The lowest BCUT2D eigenvalue weighted by molar-refractivity contribution is -0.137. The lowest BCUT2D eigenvalue weighted by Gasteiger charge is -2.16. The molecule has 1 aliphatic rings. The predicted octanol–water partition coefficient (Wildman–Crippen LogP) is 4.50. The monoisotopic (exact) mass is 537 g/mol. The Morgan fingerprint density at radius 3 is 2.42 bits per heavy atom. The number of sulfonamides is 1. The second-order valence-corrected chi connectivity index (χ2v) is 11.9. The Morgan fingerprint density at radius 1 is 1.00 bits per heavy atom. The van der Waals surface area contributed by atoms with Crippen molar-refractivity contribution in [3.05, 3.63) is 88.3 Å². The number of alkyl halides is 3. The van der Waals surface area contributed by atoms with Crippen LogP contribution in [-0.4, -0.2) is 38.3 Å². The van der Waals surface area contributed by atoms with Crippen LogP contribution in [0.5, 0.6) is 0 Å². The standard InChI is InChI=1S/C25H26F3N3O3S2/c26-25(27,28)21-8-6-18(7-9-21)14-29-15-19-12-13-31(17-19)36(33,34)23-11-10-22(35-23)16-30-24(32)20-4-2-1-3-5-20/h1-11,19,29H,12-17H2,(H,30,32)/t19-/m1/s1. The summed E-state index contributed by atoms with van der Waals surface area (Å²) in [5.41, 5.74) is 0.589. The smallest absolute Gasteiger partial charge is 0.347 e. The molecule has 0 spiro atoms. The van der Waals surface area contributed by atoms with Gasteiger partial charge in [0.2, 0.25) is 0 Å². The third-order valence-corrected chi connectivity index (χ3v) is 9.40. The van der Waals surface area contributed by atoms with Gasteiger partial charge in [0.15, 0.2) is 0 Å². The molecule has 0 aliphatic carbocycles. The molecule has 1 aliphatic heterocycles. The van der Waals surface area contributed by atoms with Crippen LogP contribution in [0.4, 0.5) is 13.2 Å². The molecule has 1 amide bonds. The molecule has 1 atom stereocenters. The summed E-state index contributed by atoms with van der Waals surface area (Å²) in [6.07, 6.45) is -3.66. The van der Waals surface area contributed by atoms with E-state index in [1.165, 1.54) is 16.4 Å². The van der Waals surface area contributed by atoms with Crippen molar-refractivity contribution in [1.29, 1.82) is 0 Å². The van der Waals surface area contributed by atoms with Gasteiger partial charge in [0, 0.05) is 30.1 Å². The molecule has 36 heavy (non-hydrogen) atoms. The number of hydrogen-bond donors (Lipinski definition) is 2. The van der Waals surface area contributed by atoms with Crippen LogP contribution in [0.1, 0.15) is 32.8 Å². The number of carbonyl (C=O) groups is 1. The van der Waals surface area contributed by atoms with Crippen LogP contribution < -0.4 is 10.6 Å². The molecule has 0 unspecified atom stereocenters. The summed E-state index contributed by atoms with van der Waals surface area (Å²) in [4.78, 5) is 13.0. The molecular weight excluding hydrogens is 511 g/mol. The van der Waals surface area contributed by atoms with E-state index < -0.39 is 21.8 Å². The second kappa shape index (κ2) is 11.1. The lowest BCUT2D eigenvalue weighted by Crippen LogP contribution is -2.30. The quantitative estimate of drug-likeness (QED) is 0.422. The minimum absolute atomic E-state index is 0.110. The lowest BCUT2D eigenvalue weighted by atomic mass is 10.1. The number of amides is 1. The van der Waals surface area contributed by atoms with Crippen molar-refractivity contribution in [3.8, 4) is 0 Å². The fourth-order valence-corrected chi connectivity index (χ4v) is 6.97. The first kappa shape index (κ1) is 26.3. The van der Waals surface area contributed by atoms with Gasteiger partial charge in [-0.05, 0) is 60.8 Å². The van der Waals surface area contributed by atoms with Gasteiger partial charge in [0.25, 0.3) is 15.9 Å². The molecule has 4 rings (SSSR count). The van der Waals surface area contributed by atoms with Crippen molar-refractivity contribution < 1.29 is 26.4 Å². The molecule has 2 N–H and O–H groups in total. The first-order valence-corrected chi connectivity index (χ1v) is 13.7. The number of benzene rings is 2. The SMILES string of the molecule is O=C(NCc1ccc(S(=O)(=O)N2CC[C@H](CNCc3ccc(C(F)(F)F)cc3)C2)s1)c1ccccc1. The van der Waals surface area contributed by atoms with Gasteiger partial charge in [-0.25, -0.2) is 8.42 Å². The molecule has 1 aromatic heterocycles. The van der Waals surface area contributed by atoms with Gasteiger partial charge in [0.05, 0.1) is 12.1 Å². The summed E-state index contributed by atoms with van der Waals surface area (Å²) in [6, 6.07) is 17.1. The highest BCUT2D eigenvalue weighted by atomic mass is 32.2. The van der Waals surface area contributed by atoms with Crippen molar-refractivity contribution in [1.82, 2.24) is 14.9 Å². The average molecular weight is 538 g/mol. The zero-order chi connectivity index (χ0) is 25.8. The van der Waals surface area contributed by atoms with E-state index in [4.69, 9.17) is 0 Å². The van der Waals surface area contributed by atoms with Crippen LogP contribution in [0.2, 0.25) is 0 Å². The second-order valence-electron chi connectivity index (χ2n) is 8.61. The van der Waals surface area contributed by atoms with Crippen molar-refractivity contribution in [2.75, 3.05) is 19.6 Å². The highest BCUT2D eigenvalue weighted by molar-refractivity contribution is 7.91. The molecule has 2 aromatic carbocycles. The van der Waals surface area contributed by atoms with Gasteiger partial charge < -0.3 is 10.6 Å². The maximum absolute atomic E-state index is 13.1. The molecule has 0 saturated carbocycles. The fourth-order valence-electron chi connectivity index (χ4n) is 3.99. The van der Waals surface area contributed by atoms with Gasteiger partial charge in [-0.2, -0.15) is 17.5 Å². The van der Waals surface area contributed by atoms with E-state index in [0.717, 1.165) is 33.9 Å². The molecule has 1 fully saturated rings. The maximum Gasteiger partial charge on any atom is 0.416 e. The Kier molecular flexibility index (Phi) is 8.13. The van der Waals surface area contributed by atoms with Crippen LogP contribution in [-0.2, 0) is 29.3 Å². The fraction of sp³-hybridized carbons (Fsp3) is 0.320. The molecule has 2 heterocycles. The summed E-state index contributed by atoms with van der Waals surface area (Å²) in [6.45, 7) is 2.00. The summed E-state index contributed by atoms with van der Waals surface area (Å²) in [5, 5.41) is 6.02.